The SMILES string of the molecule is CSc1n[nH]c(-c2nc3ccc(C)cc3[nH]2)c1C. The molecule has 0 unspecified atom stereocenters. The van der Waals surface area contributed by atoms with E-state index in [0.29, 0.717) is 0 Å². The molecule has 0 spiro atoms. The molecule has 4 nitrogen and oxygen atoms in total. The summed E-state index contributed by atoms with van der Waals surface area (Å²) < 4.78 is 0. The van der Waals surface area contributed by atoms with Crippen molar-refractivity contribution >= 4 is 22.8 Å². The predicted octanol–water partition coefficient (Wildman–Crippen LogP) is 3.29. The minimum Gasteiger partial charge on any atom is -0.337 e. The Morgan fingerprint density at radius 2 is 2.06 bits per heavy atom. The standard InChI is InChI=1S/C13H14N4S/c1-7-4-5-9-10(6-7)15-12(14-9)11-8(2)13(18-3)17-16-11/h4-6H,1-3H3,(H,14,15)(H,16,17). The first-order chi connectivity index (χ1) is 8.69. The molecule has 0 amide bonds. The van der Waals surface area contributed by atoms with Crippen molar-refractivity contribution in [1.29, 1.82) is 0 Å². The third-order valence-electron chi connectivity index (χ3n) is 3.03. The summed E-state index contributed by atoms with van der Waals surface area (Å²) in [6.07, 6.45) is 2.02. The number of aromatic amines is 2. The lowest BCUT2D eigenvalue weighted by Crippen LogP contribution is -1.83. The number of fused-ring (bicyclic) bond motifs is 1. The number of thioether (sulfide) groups is 1. The second kappa shape index (κ2) is 4.17. The first kappa shape index (κ1) is 11.3. The Bertz CT molecular complexity index is 711. The molecule has 0 aliphatic carbocycles. The molecule has 0 bridgehead atoms. The quantitative estimate of drug-likeness (QED) is 0.693. The predicted molar refractivity (Wildman–Crippen MR) is 74.9 cm³/mol. The number of rotatable bonds is 2. The van der Waals surface area contributed by atoms with Crippen LogP contribution in [-0.4, -0.2) is 26.4 Å². The Morgan fingerprint density at radius 3 is 2.78 bits per heavy atom. The van der Waals surface area contributed by atoms with Crippen molar-refractivity contribution in [3.05, 3.63) is 29.3 Å². The highest BCUT2D eigenvalue weighted by Gasteiger charge is 2.13. The molecule has 0 saturated heterocycles. The van der Waals surface area contributed by atoms with E-state index in [2.05, 4.69) is 46.1 Å². The van der Waals surface area contributed by atoms with Crippen LogP contribution in [0.3, 0.4) is 0 Å². The van der Waals surface area contributed by atoms with Gasteiger partial charge in [0.15, 0.2) is 5.82 Å². The molecule has 92 valence electrons. The Kier molecular flexibility index (Phi) is 2.63. The van der Waals surface area contributed by atoms with E-state index in [9.17, 15) is 0 Å². The van der Waals surface area contributed by atoms with Gasteiger partial charge in [-0.15, -0.1) is 11.8 Å². The van der Waals surface area contributed by atoms with Crippen LogP contribution in [-0.2, 0) is 0 Å². The zero-order valence-corrected chi connectivity index (χ0v) is 11.4. The number of benzene rings is 1. The zero-order chi connectivity index (χ0) is 12.7. The van der Waals surface area contributed by atoms with Crippen LogP contribution in [0.5, 0.6) is 0 Å². The number of aromatic nitrogens is 4. The number of aryl methyl sites for hydroxylation is 1. The van der Waals surface area contributed by atoms with Gasteiger partial charge in [-0.1, -0.05) is 6.07 Å². The van der Waals surface area contributed by atoms with Gasteiger partial charge in [-0.3, -0.25) is 5.10 Å². The summed E-state index contributed by atoms with van der Waals surface area (Å²) >= 11 is 1.64. The van der Waals surface area contributed by atoms with Crippen molar-refractivity contribution in [2.45, 2.75) is 18.9 Å². The topological polar surface area (TPSA) is 57.4 Å². The molecule has 2 heterocycles. The van der Waals surface area contributed by atoms with Gasteiger partial charge in [0.05, 0.1) is 11.0 Å². The number of nitrogens with one attached hydrogen (secondary N) is 2. The second-order valence-corrected chi connectivity index (χ2v) is 5.13. The summed E-state index contributed by atoms with van der Waals surface area (Å²) in [6.45, 7) is 4.14. The molecular weight excluding hydrogens is 244 g/mol. The van der Waals surface area contributed by atoms with Gasteiger partial charge >= 0.3 is 0 Å². The maximum Gasteiger partial charge on any atom is 0.156 e. The van der Waals surface area contributed by atoms with Gasteiger partial charge in [-0.25, -0.2) is 4.98 Å². The van der Waals surface area contributed by atoms with E-state index >= 15 is 0 Å². The maximum atomic E-state index is 4.60. The van der Waals surface area contributed by atoms with Gasteiger partial charge in [0.1, 0.15) is 10.7 Å². The fraction of sp³-hybridized carbons (Fsp3) is 0.231. The molecule has 0 atom stereocenters. The molecule has 5 heteroatoms. The molecule has 3 aromatic rings. The number of H-pyrrole nitrogens is 2. The first-order valence-corrected chi connectivity index (χ1v) is 6.97. The molecule has 0 aliphatic rings. The van der Waals surface area contributed by atoms with Crippen molar-refractivity contribution in [3.8, 4) is 11.5 Å². The molecule has 0 fully saturated rings. The van der Waals surface area contributed by atoms with Crippen LogP contribution in [0, 0.1) is 13.8 Å². The van der Waals surface area contributed by atoms with Crippen LogP contribution in [0.4, 0.5) is 0 Å². The van der Waals surface area contributed by atoms with Crippen molar-refractivity contribution in [1.82, 2.24) is 20.2 Å². The largest absolute Gasteiger partial charge is 0.337 e. The van der Waals surface area contributed by atoms with Gasteiger partial charge in [-0.2, -0.15) is 5.10 Å². The summed E-state index contributed by atoms with van der Waals surface area (Å²) in [5.41, 5.74) is 5.37. The molecule has 3 rings (SSSR count). The number of nitrogens with zero attached hydrogens (tertiary/aromatic N) is 2. The third-order valence-corrected chi connectivity index (χ3v) is 3.82. The van der Waals surface area contributed by atoms with E-state index < -0.39 is 0 Å². The van der Waals surface area contributed by atoms with E-state index in [1.807, 2.05) is 12.3 Å². The molecule has 1 aromatic carbocycles. The first-order valence-electron chi connectivity index (χ1n) is 5.74. The van der Waals surface area contributed by atoms with Crippen molar-refractivity contribution in [2.75, 3.05) is 6.26 Å². The average molecular weight is 258 g/mol. The van der Waals surface area contributed by atoms with Gasteiger partial charge < -0.3 is 4.98 Å². The van der Waals surface area contributed by atoms with E-state index in [0.717, 1.165) is 33.1 Å². The lowest BCUT2D eigenvalue weighted by molar-refractivity contribution is 0.998. The van der Waals surface area contributed by atoms with Crippen LogP contribution in [0.15, 0.2) is 23.2 Å². The minimum absolute atomic E-state index is 0.848. The van der Waals surface area contributed by atoms with E-state index in [-0.39, 0.29) is 0 Å². The monoisotopic (exact) mass is 258 g/mol. The Labute approximate surface area is 109 Å². The highest BCUT2D eigenvalue weighted by atomic mass is 32.2. The van der Waals surface area contributed by atoms with Crippen LogP contribution in [0.2, 0.25) is 0 Å². The van der Waals surface area contributed by atoms with E-state index in [1.54, 1.807) is 11.8 Å². The lowest BCUT2D eigenvalue weighted by atomic mass is 10.2. The summed E-state index contributed by atoms with van der Waals surface area (Å²) in [6, 6.07) is 6.21. The summed E-state index contributed by atoms with van der Waals surface area (Å²) in [5, 5.41) is 8.34. The van der Waals surface area contributed by atoms with Gasteiger partial charge in [0, 0.05) is 5.56 Å². The summed E-state index contributed by atoms with van der Waals surface area (Å²) in [5.74, 6) is 0.848. The smallest absolute Gasteiger partial charge is 0.156 e. The Morgan fingerprint density at radius 1 is 1.22 bits per heavy atom. The summed E-state index contributed by atoms with van der Waals surface area (Å²) in [4.78, 5) is 7.94. The van der Waals surface area contributed by atoms with E-state index in [1.165, 1.54) is 5.56 Å². The fourth-order valence-electron chi connectivity index (χ4n) is 2.05. The number of hydrogen-bond donors (Lipinski definition) is 2. The molecule has 2 N–H and O–H groups in total. The Hall–Kier alpha value is -1.75. The molecule has 0 saturated carbocycles. The highest BCUT2D eigenvalue weighted by Crippen LogP contribution is 2.27. The summed E-state index contributed by atoms with van der Waals surface area (Å²) in [7, 11) is 0. The average Bonchev–Trinajstić information content (AvgIpc) is 2.91. The maximum absolute atomic E-state index is 4.60. The highest BCUT2D eigenvalue weighted by molar-refractivity contribution is 7.98. The van der Waals surface area contributed by atoms with Crippen LogP contribution in [0.25, 0.3) is 22.6 Å². The van der Waals surface area contributed by atoms with Crippen molar-refractivity contribution < 1.29 is 0 Å². The molecule has 0 radical (unpaired) electrons. The molecular formula is C13H14N4S. The molecule has 18 heavy (non-hydrogen) atoms. The van der Waals surface area contributed by atoms with Gasteiger partial charge in [0.2, 0.25) is 0 Å². The third kappa shape index (κ3) is 1.71. The van der Waals surface area contributed by atoms with Crippen molar-refractivity contribution in [3.63, 3.8) is 0 Å². The van der Waals surface area contributed by atoms with Crippen LogP contribution >= 0.6 is 11.8 Å². The lowest BCUT2D eigenvalue weighted by Gasteiger charge is -1.93. The van der Waals surface area contributed by atoms with Gasteiger partial charge in [-0.05, 0) is 37.8 Å². The number of imidazole rings is 1. The molecule has 0 aliphatic heterocycles. The zero-order valence-electron chi connectivity index (χ0n) is 10.5. The fourth-order valence-corrected chi connectivity index (χ4v) is 2.60. The van der Waals surface area contributed by atoms with Crippen LogP contribution < -0.4 is 0 Å². The minimum atomic E-state index is 0.848. The number of hydrogen-bond acceptors (Lipinski definition) is 3. The Balaban J connectivity index is 2.16. The van der Waals surface area contributed by atoms with E-state index in [4.69, 9.17) is 0 Å². The molecule has 2 aromatic heterocycles. The second-order valence-electron chi connectivity index (χ2n) is 4.34. The van der Waals surface area contributed by atoms with Gasteiger partial charge in [0.25, 0.3) is 0 Å². The van der Waals surface area contributed by atoms with Crippen LogP contribution in [0.1, 0.15) is 11.1 Å². The van der Waals surface area contributed by atoms with Crippen molar-refractivity contribution in [2.24, 2.45) is 0 Å². The normalized spacial score (nSPS) is 11.3.